The maximum absolute atomic E-state index is 6.88. The van der Waals surface area contributed by atoms with E-state index in [1.165, 1.54) is 12.8 Å². The number of halogens is 1. The summed E-state index contributed by atoms with van der Waals surface area (Å²) in [5.74, 6) is 1.65. The first-order valence-corrected chi connectivity index (χ1v) is 9.66. The summed E-state index contributed by atoms with van der Waals surface area (Å²) in [5, 5.41) is 5.64. The molecule has 0 saturated heterocycles. The van der Waals surface area contributed by atoms with Crippen molar-refractivity contribution in [2.75, 3.05) is 14.2 Å². The van der Waals surface area contributed by atoms with Gasteiger partial charge in [0.25, 0.3) is 0 Å². The van der Waals surface area contributed by atoms with Gasteiger partial charge in [0.15, 0.2) is 0 Å². The number of benzene rings is 2. The molecule has 5 heteroatoms. The zero-order chi connectivity index (χ0) is 18.8. The van der Waals surface area contributed by atoms with Crippen LogP contribution in [-0.4, -0.2) is 24.0 Å². The van der Waals surface area contributed by atoms with Crippen LogP contribution in [-0.2, 0) is 0 Å². The van der Waals surface area contributed by atoms with Gasteiger partial charge in [-0.2, -0.15) is 5.10 Å². The molecule has 0 N–H and O–H groups in total. The van der Waals surface area contributed by atoms with Crippen LogP contribution >= 0.6 is 11.6 Å². The van der Waals surface area contributed by atoms with Gasteiger partial charge in [-0.3, -0.25) is 4.68 Å². The molecule has 0 bridgehead atoms. The normalized spacial score (nSPS) is 14.5. The Bertz CT molecular complexity index is 911. The highest BCUT2D eigenvalue weighted by Crippen LogP contribution is 2.41. The summed E-state index contributed by atoms with van der Waals surface area (Å²) in [4.78, 5) is 0. The highest BCUT2D eigenvalue weighted by atomic mass is 35.5. The van der Waals surface area contributed by atoms with Crippen LogP contribution in [0.5, 0.6) is 11.5 Å². The van der Waals surface area contributed by atoms with Gasteiger partial charge in [-0.15, -0.1) is 0 Å². The predicted molar refractivity (Wildman–Crippen MR) is 109 cm³/mol. The van der Waals surface area contributed by atoms with Gasteiger partial charge in [0, 0.05) is 11.1 Å². The van der Waals surface area contributed by atoms with E-state index in [9.17, 15) is 0 Å². The highest BCUT2D eigenvalue weighted by Gasteiger charge is 2.26. The van der Waals surface area contributed by atoms with Crippen molar-refractivity contribution in [3.05, 3.63) is 53.6 Å². The van der Waals surface area contributed by atoms with Crippen molar-refractivity contribution in [3.63, 3.8) is 0 Å². The SMILES string of the molecule is COc1ccc(-c2nn(C3CCCC3)c(-c3ccc(OC)cc3)c2Cl)cc1. The monoisotopic (exact) mass is 382 g/mol. The Morgan fingerprint density at radius 3 is 1.89 bits per heavy atom. The van der Waals surface area contributed by atoms with E-state index in [4.69, 9.17) is 26.2 Å². The molecule has 4 nitrogen and oxygen atoms in total. The molecule has 0 aliphatic heterocycles. The van der Waals surface area contributed by atoms with Crippen LogP contribution in [0.4, 0.5) is 0 Å². The van der Waals surface area contributed by atoms with E-state index >= 15 is 0 Å². The third-order valence-electron chi connectivity index (χ3n) is 5.25. The minimum Gasteiger partial charge on any atom is -0.497 e. The van der Waals surface area contributed by atoms with Crippen molar-refractivity contribution < 1.29 is 9.47 Å². The summed E-state index contributed by atoms with van der Waals surface area (Å²) in [7, 11) is 3.34. The van der Waals surface area contributed by atoms with Crippen LogP contribution in [0.3, 0.4) is 0 Å². The van der Waals surface area contributed by atoms with Crippen molar-refractivity contribution in [3.8, 4) is 34.0 Å². The fourth-order valence-electron chi connectivity index (χ4n) is 3.77. The standard InChI is InChI=1S/C22H23ClN2O2/c1-26-18-11-7-15(8-12-18)21-20(23)22(16-9-13-19(27-2)14-10-16)25(24-21)17-5-3-4-6-17/h7-14,17H,3-6H2,1-2H3. The number of rotatable bonds is 5. The van der Waals surface area contributed by atoms with Gasteiger partial charge in [-0.05, 0) is 61.4 Å². The van der Waals surface area contributed by atoms with E-state index in [1.807, 2.05) is 48.5 Å². The lowest BCUT2D eigenvalue weighted by atomic mass is 10.1. The van der Waals surface area contributed by atoms with Crippen molar-refractivity contribution in [2.24, 2.45) is 0 Å². The molecule has 140 valence electrons. The van der Waals surface area contributed by atoms with Gasteiger partial charge in [0.05, 0.1) is 31.0 Å². The second-order valence-electron chi connectivity index (χ2n) is 6.85. The van der Waals surface area contributed by atoms with Crippen LogP contribution in [0.25, 0.3) is 22.5 Å². The molecule has 1 heterocycles. The minimum atomic E-state index is 0.395. The van der Waals surface area contributed by atoms with Crippen LogP contribution in [0.1, 0.15) is 31.7 Å². The molecule has 1 aliphatic rings. The van der Waals surface area contributed by atoms with Crippen molar-refractivity contribution in [1.29, 1.82) is 0 Å². The number of aromatic nitrogens is 2. The van der Waals surface area contributed by atoms with Crippen LogP contribution in [0.2, 0.25) is 5.02 Å². The Morgan fingerprint density at radius 2 is 1.37 bits per heavy atom. The van der Waals surface area contributed by atoms with Gasteiger partial charge in [-0.1, -0.05) is 24.4 Å². The molecule has 1 aliphatic carbocycles. The van der Waals surface area contributed by atoms with Crippen molar-refractivity contribution in [1.82, 2.24) is 9.78 Å². The third kappa shape index (κ3) is 3.42. The van der Waals surface area contributed by atoms with Gasteiger partial charge < -0.3 is 9.47 Å². The number of hydrogen-bond donors (Lipinski definition) is 0. The van der Waals surface area contributed by atoms with E-state index in [2.05, 4.69) is 4.68 Å². The maximum atomic E-state index is 6.88. The molecule has 0 radical (unpaired) electrons. The van der Waals surface area contributed by atoms with E-state index in [0.717, 1.165) is 46.9 Å². The highest BCUT2D eigenvalue weighted by molar-refractivity contribution is 6.35. The lowest BCUT2D eigenvalue weighted by molar-refractivity contribution is 0.414. The van der Waals surface area contributed by atoms with Crippen LogP contribution in [0.15, 0.2) is 48.5 Å². The molecule has 1 aromatic heterocycles. The molecule has 3 aromatic rings. The average Bonchev–Trinajstić information content (AvgIpc) is 3.36. The molecule has 0 atom stereocenters. The summed E-state index contributed by atoms with van der Waals surface area (Å²) in [6, 6.07) is 16.3. The second-order valence-corrected chi connectivity index (χ2v) is 7.23. The summed E-state index contributed by atoms with van der Waals surface area (Å²) < 4.78 is 12.7. The Morgan fingerprint density at radius 1 is 0.852 bits per heavy atom. The smallest absolute Gasteiger partial charge is 0.118 e. The lowest BCUT2D eigenvalue weighted by Gasteiger charge is -2.14. The number of ether oxygens (including phenoxy) is 2. The first kappa shape index (κ1) is 17.9. The van der Waals surface area contributed by atoms with Crippen LogP contribution in [0, 0.1) is 0 Å². The molecule has 2 aromatic carbocycles. The first-order chi connectivity index (χ1) is 13.2. The Hall–Kier alpha value is -2.46. The zero-order valence-corrected chi connectivity index (χ0v) is 16.4. The third-order valence-corrected chi connectivity index (χ3v) is 5.61. The molecule has 0 unspecified atom stereocenters. The maximum Gasteiger partial charge on any atom is 0.118 e. The second kappa shape index (κ2) is 7.65. The van der Waals surface area contributed by atoms with E-state index in [1.54, 1.807) is 14.2 Å². The molecule has 1 fully saturated rings. The van der Waals surface area contributed by atoms with Crippen molar-refractivity contribution >= 4 is 11.6 Å². The van der Waals surface area contributed by atoms with Crippen molar-refractivity contribution in [2.45, 2.75) is 31.7 Å². The van der Waals surface area contributed by atoms with E-state index < -0.39 is 0 Å². The molecule has 4 rings (SSSR count). The Balaban J connectivity index is 1.83. The molecule has 27 heavy (non-hydrogen) atoms. The zero-order valence-electron chi connectivity index (χ0n) is 15.6. The molecule has 1 saturated carbocycles. The number of methoxy groups -OCH3 is 2. The topological polar surface area (TPSA) is 36.3 Å². The van der Waals surface area contributed by atoms with Gasteiger partial charge in [-0.25, -0.2) is 0 Å². The fourth-order valence-corrected chi connectivity index (χ4v) is 4.11. The summed E-state index contributed by atoms with van der Waals surface area (Å²) in [6.45, 7) is 0. The lowest BCUT2D eigenvalue weighted by Crippen LogP contribution is -2.08. The fraction of sp³-hybridized carbons (Fsp3) is 0.318. The number of hydrogen-bond acceptors (Lipinski definition) is 3. The molecular formula is C22H23ClN2O2. The molecular weight excluding hydrogens is 360 g/mol. The average molecular weight is 383 g/mol. The van der Waals surface area contributed by atoms with Gasteiger partial charge >= 0.3 is 0 Å². The Kier molecular flexibility index (Phi) is 5.08. The minimum absolute atomic E-state index is 0.395. The first-order valence-electron chi connectivity index (χ1n) is 9.28. The summed E-state index contributed by atoms with van der Waals surface area (Å²) >= 11 is 6.88. The van der Waals surface area contributed by atoms with E-state index in [-0.39, 0.29) is 0 Å². The van der Waals surface area contributed by atoms with Gasteiger partial charge in [0.2, 0.25) is 0 Å². The number of nitrogens with zero attached hydrogens (tertiary/aromatic N) is 2. The quantitative estimate of drug-likeness (QED) is 0.542. The predicted octanol–water partition coefficient (Wildman–Crippen LogP) is 6.00. The molecule has 0 amide bonds. The largest absolute Gasteiger partial charge is 0.497 e. The molecule has 0 spiro atoms. The van der Waals surface area contributed by atoms with E-state index in [0.29, 0.717) is 11.1 Å². The summed E-state index contributed by atoms with van der Waals surface area (Å²) in [5.41, 5.74) is 3.85. The Labute approximate surface area is 164 Å². The van der Waals surface area contributed by atoms with Gasteiger partial charge in [0.1, 0.15) is 17.2 Å². The summed E-state index contributed by atoms with van der Waals surface area (Å²) in [6.07, 6.45) is 4.76. The van der Waals surface area contributed by atoms with Crippen LogP contribution < -0.4 is 9.47 Å².